The minimum Gasteiger partial charge on any atom is -0.309 e. The quantitative estimate of drug-likeness (QED) is 0.184. The van der Waals surface area contributed by atoms with Crippen LogP contribution in [0.4, 0.5) is 0 Å². The molecule has 10 rings (SSSR count). The summed E-state index contributed by atoms with van der Waals surface area (Å²) in [4.78, 5) is 4.25. The summed E-state index contributed by atoms with van der Waals surface area (Å²) in [6, 6.07) is 62.6. The summed E-state index contributed by atoms with van der Waals surface area (Å²) in [5, 5.41) is 14.6. The van der Waals surface area contributed by atoms with Crippen LogP contribution in [0.1, 0.15) is 5.56 Å². The lowest BCUT2D eigenvalue weighted by Gasteiger charge is -2.15. The molecule has 4 heteroatoms. The molecular formula is C48H30N4. The predicted octanol–water partition coefficient (Wildman–Crippen LogP) is 12.1. The molecule has 0 fully saturated rings. The molecule has 0 aliphatic rings. The Morgan fingerprint density at radius 1 is 0.404 bits per heavy atom. The van der Waals surface area contributed by atoms with E-state index in [9.17, 15) is 5.26 Å². The van der Waals surface area contributed by atoms with Crippen LogP contribution in [-0.2, 0) is 0 Å². The molecule has 0 bridgehead atoms. The number of hydrogen-bond acceptors (Lipinski definition) is 2. The Morgan fingerprint density at radius 2 is 0.981 bits per heavy atom. The van der Waals surface area contributed by atoms with E-state index in [2.05, 4.69) is 166 Å². The van der Waals surface area contributed by atoms with Gasteiger partial charge in [0.25, 0.3) is 0 Å². The van der Waals surface area contributed by atoms with Crippen LogP contribution in [0.15, 0.2) is 182 Å². The molecule has 3 heterocycles. The first kappa shape index (κ1) is 29.7. The fourth-order valence-electron chi connectivity index (χ4n) is 7.88. The number of nitriles is 1. The van der Waals surface area contributed by atoms with Crippen LogP contribution in [-0.4, -0.2) is 14.1 Å². The zero-order valence-electron chi connectivity index (χ0n) is 28.1. The minimum absolute atomic E-state index is 0.621. The van der Waals surface area contributed by atoms with Crippen molar-refractivity contribution in [2.45, 2.75) is 0 Å². The molecule has 52 heavy (non-hydrogen) atoms. The van der Waals surface area contributed by atoms with Gasteiger partial charge in [0.05, 0.1) is 39.4 Å². The molecule has 0 atom stereocenters. The second-order valence-corrected chi connectivity index (χ2v) is 13.2. The number of fused-ring (bicyclic) bond motifs is 6. The predicted molar refractivity (Wildman–Crippen MR) is 214 cm³/mol. The van der Waals surface area contributed by atoms with Gasteiger partial charge < -0.3 is 9.13 Å². The molecule has 0 saturated heterocycles. The van der Waals surface area contributed by atoms with Crippen LogP contribution < -0.4 is 0 Å². The Balaban J connectivity index is 1.22. The van der Waals surface area contributed by atoms with Gasteiger partial charge in [-0.1, -0.05) is 91.0 Å². The summed E-state index contributed by atoms with van der Waals surface area (Å²) in [6.45, 7) is 0. The van der Waals surface area contributed by atoms with E-state index in [4.69, 9.17) is 0 Å². The molecule has 0 spiro atoms. The molecule has 0 amide bonds. The Hall–Kier alpha value is -7.22. The Morgan fingerprint density at radius 3 is 1.65 bits per heavy atom. The van der Waals surface area contributed by atoms with Crippen molar-refractivity contribution in [2.24, 2.45) is 0 Å². The van der Waals surface area contributed by atoms with Gasteiger partial charge in [-0.3, -0.25) is 4.98 Å². The van der Waals surface area contributed by atoms with Crippen molar-refractivity contribution in [3.8, 4) is 50.8 Å². The molecule has 0 aliphatic carbocycles. The summed E-state index contributed by atoms with van der Waals surface area (Å²) in [6.07, 6.45) is 3.60. The molecule has 0 aliphatic heterocycles. The van der Waals surface area contributed by atoms with E-state index in [1.54, 1.807) is 12.4 Å². The molecule has 0 saturated carbocycles. The average Bonchev–Trinajstić information content (AvgIpc) is 3.74. The normalized spacial score (nSPS) is 11.4. The van der Waals surface area contributed by atoms with Gasteiger partial charge in [0.15, 0.2) is 0 Å². The molecular weight excluding hydrogens is 633 g/mol. The molecule has 7 aromatic carbocycles. The topological polar surface area (TPSA) is 46.5 Å². The fourth-order valence-corrected chi connectivity index (χ4v) is 7.88. The van der Waals surface area contributed by atoms with Gasteiger partial charge in [0.1, 0.15) is 0 Å². The maximum atomic E-state index is 9.82. The van der Waals surface area contributed by atoms with E-state index in [0.717, 1.165) is 50.2 Å². The highest BCUT2D eigenvalue weighted by molar-refractivity contribution is 6.12. The van der Waals surface area contributed by atoms with E-state index < -0.39 is 0 Å². The summed E-state index contributed by atoms with van der Waals surface area (Å²) in [5.41, 5.74) is 14.0. The summed E-state index contributed by atoms with van der Waals surface area (Å²) < 4.78 is 4.73. The van der Waals surface area contributed by atoms with Crippen LogP contribution in [0.5, 0.6) is 0 Å². The van der Waals surface area contributed by atoms with Crippen molar-refractivity contribution < 1.29 is 0 Å². The lowest BCUT2D eigenvalue weighted by atomic mass is 9.96. The maximum absolute atomic E-state index is 9.82. The van der Waals surface area contributed by atoms with Crippen molar-refractivity contribution in [1.29, 1.82) is 5.26 Å². The van der Waals surface area contributed by atoms with E-state index in [0.29, 0.717) is 5.56 Å². The second kappa shape index (κ2) is 12.0. The van der Waals surface area contributed by atoms with Crippen LogP contribution in [0.2, 0.25) is 0 Å². The third kappa shape index (κ3) is 4.72. The number of hydrogen-bond donors (Lipinski definition) is 0. The van der Waals surface area contributed by atoms with Gasteiger partial charge >= 0.3 is 0 Å². The highest BCUT2D eigenvalue weighted by Crippen LogP contribution is 2.40. The zero-order valence-corrected chi connectivity index (χ0v) is 28.1. The minimum atomic E-state index is 0.621. The van der Waals surface area contributed by atoms with E-state index in [1.165, 1.54) is 38.1 Å². The standard InChI is InChI=1S/C48H30N4/c49-31-32-18-20-47(42(26-32)34-22-24-50-25-23-34)52-46-17-9-6-14-41(46)43-30-35(19-21-48(43)52)37-27-36(33-10-2-1-3-11-33)28-38(29-37)51-44-15-7-4-12-39(44)40-13-5-8-16-45(40)51/h1-30H. The van der Waals surface area contributed by atoms with Gasteiger partial charge in [-0.2, -0.15) is 5.26 Å². The molecule has 242 valence electrons. The summed E-state index contributed by atoms with van der Waals surface area (Å²) in [7, 11) is 0. The Labute approximate surface area is 300 Å². The van der Waals surface area contributed by atoms with Crippen molar-refractivity contribution in [3.63, 3.8) is 0 Å². The van der Waals surface area contributed by atoms with E-state index >= 15 is 0 Å². The number of pyridine rings is 1. The number of nitrogens with zero attached hydrogens (tertiary/aromatic N) is 4. The summed E-state index contributed by atoms with van der Waals surface area (Å²) >= 11 is 0. The van der Waals surface area contributed by atoms with Crippen LogP contribution >= 0.6 is 0 Å². The van der Waals surface area contributed by atoms with Crippen LogP contribution in [0, 0.1) is 11.3 Å². The first-order valence-corrected chi connectivity index (χ1v) is 17.4. The third-order valence-electron chi connectivity index (χ3n) is 10.2. The van der Waals surface area contributed by atoms with Gasteiger partial charge in [0, 0.05) is 45.2 Å². The third-order valence-corrected chi connectivity index (χ3v) is 10.2. The van der Waals surface area contributed by atoms with Crippen molar-refractivity contribution >= 4 is 43.6 Å². The van der Waals surface area contributed by atoms with E-state index in [1.807, 2.05) is 24.3 Å². The SMILES string of the molecule is N#Cc1ccc(-n2c3ccccc3c3cc(-c4cc(-c5ccccc5)cc(-n5c6ccccc6c6ccccc65)c4)ccc32)c(-c2ccncc2)c1. The largest absolute Gasteiger partial charge is 0.309 e. The average molecular weight is 663 g/mol. The zero-order chi connectivity index (χ0) is 34.6. The highest BCUT2D eigenvalue weighted by Gasteiger charge is 2.18. The van der Waals surface area contributed by atoms with Crippen molar-refractivity contribution in [2.75, 3.05) is 0 Å². The maximum Gasteiger partial charge on any atom is 0.0991 e. The van der Waals surface area contributed by atoms with Crippen LogP contribution in [0.25, 0.3) is 88.4 Å². The molecule has 10 aromatic rings. The molecule has 3 aromatic heterocycles. The number of para-hydroxylation sites is 3. The number of aromatic nitrogens is 3. The first-order chi connectivity index (χ1) is 25.7. The molecule has 0 radical (unpaired) electrons. The number of rotatable bonds is 5. The van der Waals surface area contributed by atoms with Gasteiger partial charge in [0.2, 0.25) is 0 Å². The number of benzene rings is 7. The van der Waals surface area contributed by atoms with Crippen LogP contribution in [0.3, 0.4) is 0 Å². The smallest absolute Gasteiger partial charge is 0.0991 e. The summed E-state index contributed by atoms with van der Waals surface area (Å²) in [5.74, 6) is 0. The molecule has 0 unspecified atom stereocenters. The fraction of sp³-hybridized carbons (Fsp3) is 0. The molecule has 4 nitrogen and oxygen atoms in total. The monoisotopic (exact) mass is 662 g/mol. The van der Waals surface area contributed by atoms with Gasteiger partial charge in [-0.25, -0.2) is 0 Å². The van der Waals surface area contributed by atoms with Crippen molar-refractivity contribution in [3.05, 3.63) is 188 Å². The van der Waals surface area contributed by atoms with E-state index in [-0.39, 0.29) is 0 Å². The highest BCUT2D eigenvalue weighted by atomic mass is 15.0. The Kier molecular flexibility index (Phi) is 6.84. The first-order valence-electron chi connectivity index (χ1n) is 17.4. The lowest BCUT2D eigenvalue weighted by molar-refractivity contribution is 1.18. The second-order valence-electron chi connectivity index (χ2n) is 13.2. The van der Waals surface area contributed by atoms with Crippen molar-refractivity contribution in [1.82, 2.24) is 14.1 Å². The molecule has 0 N–H and O–H groups in total. The van der Waals surface area contributed by atoms with Gasteiger partial charge in [-0.15, -0.1) is 0 Å². The Bertz CT molecular complexity index is 2960. The lowest BCUT2D eigenvalue weighted by Crippen LogP contribution is -1.98. The van der Waals surface area contributed by atoms with Gasteiger partial charge in [-0.05, 0) is 107 Å².